The van der Waals surface area contributed by atoms with E-state index in [-0.39, 0.29) is 12.1 Å². The van der Waals surface area contributed by atoms with E-state index in [1.807, 2.05) is 0 Å². The molecular weight excluding hydrogens is 388 g/mol. The minimum Gasteiger partial charge on any atom is -0.481 e. The summed E-state index contributed by atoms with van der Waals surface area (Å²) >= 11 is 0. The van der Waals surface area contributed by atoms with Crippen molar-refractivity contribution in [2.45, 2.75) is 148 Å². The fraction of sp³-hybridized carbons (Fsp3) is 0.926. The summed E-state index contributed by atoms with van der Waals surface area (Å²) in [6, 6.07) is 0. The topological polar surface area (TPSA) is 63.6 Å². The van der Waals surface area contributed by atoms with Crippen molar-refractivity contribution in [1.29, 1.82) is 0 Å². The molecule has 1 N–H and O–H groups in total. The fourth-order valence-electron chi connectivity index (χ4n) is 4.88. The molecule has 182 valence electrons. The summed E-state index contributed by atoms with van der Waals surface area (Å²) in [5, 5.41) is 9.47. The van der Waals surface area contributed by atoms with Crippen molar-refractivity contribution in [2.75, 3.05) is 0 Å². The van der Waals surface area contributed by atoms with Gasteiger partial charge in [-0.25, -0.2) is 0 Å². The zero-order valence-electron chi connectivity index (χ0n) is 20.5. The van der Waals surface area contributed by atoms with Gasteiger partial charge in [0.1, 0.15) is 6.10 Å². The second-order valence-electron chi connectivity index (χ2n) is 9.71. The maximum atomic E-state index is 12.8. The summed E-state index contributed by atoms with van der Waals surface area (Å²) in [7, 11) is 0. The lowest BCUT2D eigenvalue weighted by Crippen LogP contribution is -2.35. The lowest BCUT2D eigenvalue weighted by Gasteiger charge is -2.28. The summed E-state index contributed by atoms with van der Waals surface area (Å²) < 4.78 is 5.91. The van der Waals surface area contributed by atoms with Crippen molar-refractivity contribution in [3.8, 4) is 0 Å². The van der Waals surface area contributed by atoms with Crippen LogP contribution in [0.3, 0.4) is 0 Å². The Hall–Kier alpha value is -1.06. The zero-order valence-corrected chi connectivity index (χ0v) is 20.5. The van der Waals surface area contributed by atoms with E-state index < -0.39 is 17.8 Å². The van der Waals surface area contributed by atoms with E-state index in [4.69, 9.17) is 4.74 Å². The summed E-state index contributed by atoms with van der Waals surface area (Å²) in [5.74, 6) is -2.09. The number of carbonyl (C=O) groups is 2. The number of ether oxygens (including phenoxy) is 1. The van der Waals surface area contributed by atoms with Gasteiger partial charge in [0.15, 0.2) is 0 Å². The van der Waals surface area contributed by atoms with Crippen LogP contribution in [0.2, 0.25) is 0 Å². The van der Waals surface area contributed by atoms with Crippen LogP contribution in [-0.2, 0) is 14.3 Å². The monoisotopic (exact) mass is 438 g/mol. The lowest BCUT2D eigenvalue weighted by molar-refractivity contribution is -0.164. The molecule has 0 amide bonds. The maximum absolute atomic E-state index is 12.8. The molecule has 1 rings (SSSR count). The number of aliphatic carboxylic acids is 1. The summed E-state index contributed by atoms with van der Waals surface area (Å²) in [6.07, 6.45) is 22.8. The molecule has 3 atom stereocenters. The summed E-state index contributed by atoms with van der Waals surface area (Å²) in [4.78, 5) is 24.3. The molecule has 0 aromatic rings. The molecule has 3 unspecified atom stereocenters. The Morgan fingerprint density at radius 2 is 1.13 bits per heavy atom. The van der Waals surface area contributed by atoms with Crippen LogP contribution in [-0.4, -0.2) is 23.1 Å². The van der Waals surface area contributed by atoms with Crippen LogP contribution in [0.4, 0.5) is 0 Å². The number of carboxylic acids is 1. The fourth-order valence-corrected chi connectivity index (χ4v) is 4.88. The van der Waals surface area contributed by atoms with Crippen molar-refractivity contribution in [3.05, 3.63) is 0 Å². The average molecular weight is 439 g/mol. The van der Waals surface area contributed by atoms with E-state index in [9.17, 15) is 14.7 Å². The number of unbranched alkanes of at least 4 members (excludes halogenated alkanes) is 12. The molecule has 1 aliphatic rings. The molecule has 0 radical (unpaired) electrons. The minimum atomic E-state index is -0.838. The van der Waals surface area contributed by atoms with E-state index in [1.165, 1.54) is 64.2 Å². The Morgan fingerprint density at radius 1 is 0.710 bits per heavy atom. The van der Waals surface area contributed by atoms with Crippen molar-refractivity contribution in [3.63, 3.8) is 0 Å². The SMILES string of the molecule is CCCCCCCCCCCCCC(CCCCC)OC(=O)C1CCCCC1C(=O)O. The van der Waals surface area contributed by atoms with Gasteiger partial charge in [0, 0.05) is 0 Å². The molecule has 0 aliphatic heterocycles. The number of rotatable bonds is 19. The summed E-state index contributed by atoms with van der Waals surface area (Å²) in [6.45, 7) is 4.45. The van der Waals surface area contributed by atoms with Crippen molar-refractivity contribution < 1.29 is 19.4 Å². The lowest BCUT2D eigenvalue weighted by atomic mass is 9.79. The van der Waals surface area contributed by atoms with Gasteiger partial charge in [0.25, 0.3) is 0 Å². The van der Waals surface area contributed by atoms with Gasteiger partial charge in [-0.3, -0.25) is 9.59 Å². The van der Waals surface area contributed by atoms with E-state index in [1.54, 1.807) is 0 Å². The molecule has 4 nitrogen and oxygen atoms in total. The molecule has 4 heteroatoms. The van der Waals surface area contributed by atoms with Gasteiger partial charge in [0.05, 0.1) is 11.8 Å². The van der Waals surface area contributed by atoms with Gasteiger partial charge in [-0.1, -0.05) is 104 Å². The van der Waals surface area contributed by atoms with Gasteiger partial charge < -0.3 is 9.84 Å². The van der Waals surface area contributed by atoms with Crippen molar-refractivity contribution >= 4 is 11.9 Å². The smallest absolute Gasteiger partial charge is 0.310 e. The van der Waals surface area contributed by atoms with E-state index in [2.05, 4.69) is 13.8 Å². The van der Waals surface area contributed by atoms with Crippen molar-refractivity contribution in [2.24, 2.45) is 11.8 Å². The van der Waals surface area contributed by atoms with E-state index in [0.717, 1.165) is 51.4 Å². The Balaban J connectivity index is 2.28. The first-order valence-electron chi connectivity index (χ1n) is 13.5. The van der Waals surface area contributed by atoms with Crippen LogP contribution in [0.15, 0.2) is 0 Å². The predicted octanol–water partition coefficient (Wildman–Crippen LogP) is 8.07. The Kier molecular flexibility index (Phi) is 16.7. The Morgan fingerprint density at radius 3 is 1.65 bits per heavy atom. The van der Waals surface area contributed by atoms with E-state index in [0.29, 0.717) is 12.8 Å². The van der Waals surface area contributed by atoms with Crippen LogP contribution in [0.1, 0.15) is 142 Å². The number of hydrogen-bond acceptors (Lipinski definition) is 3. The summed E-state index contributed by atoms with van der Waals surface area (Å²) in [5.41, 5.74) is 0. The van der Waals surface area contributed by atoms with Gasteiger partial charge in [-0.2, -0.15) is 0 Å². The average Bonchev–Trinajstić information content (AvgIpc) is 2.77. The van der Waals surface area contributed by atoms with Crippen LogP contribution >= 0.6 is 0 Å². The standard InChI is InChI=1S/C27H50O4/c1-3-5-7-8-9-10-11-12-13-14-16-20-23(19-15-6-4-2)31-27(30)25-22-18-17-21-24(25)26(28)29/h23-25H,3-22H2,1-2H3,(H,28,29). The largest absolute Gasteiger partial charge is 0.481 e. The molecule has 31 heavy (non-hydrogen) atoms. The highest BCUT2D eigenvalue weighted by atomic mass is 16.5. The third-order valence-electron chi connectivity index (χ3n) is 6.93. The van der Waals surface area contributed by atoms with Crippen molar-refractivity contribution in [1.82, 2.24) is 0 Å². The highest BCUT2D eigenvalue weighted by molar-refractivity contribution is 5.81. The van der Waals surface area contributed by atoms with Crippen LogP contribution in [0.25, 0.3) is 0 Å². The molecule has 1 fully saturated rings. The molecule has 1 aliphatic carbocycles. The second kappa shape index (κ2) is 18.5. The number of carboxylic acid groups (broad SMARTS) is 1. The molecular formula is C27H50O4. The highest BCUT2D eigenvalue weighted by Crippen LogP contribution is 2.32. The number of hydrogen-bond donors (Lipinski definition) is 1. The highest BCUT2D eigenvalue weighted by Gasteiger charge is 2.37. The quantitative estimate of drug-likeness (QED) is 0.163. The molecule has 0 bridgehead atoms. The number of esters is 1. The first-order chi connectivity index (χ1) is 15.1. The number of carbonyl (C=O) groups excluding carboxylic acids is 1. The molecule has 0 spiro atoms. The van der Waals surface area contributed by atoms with Crippen LogP contribution < -0.4 is 0 Å². The maximum Gasteiger partial charge on any atom is 0.310 e. The minimum absolute atomic E-state index is 0.0333. The molecule has 0 aromatic heterocycles. The third kappa shape index (κ3) is 13.2. The first-order valence-corrected chi connectivity index (χ1v) is 13.5. The predicted molar refractivity (Wildman–Crippen MR) is 128 cm³/mol. The zero-order chi connectivity index (χ0) is 22.7. The second-order valence-corrected chi connectivity index (χ2v) is 9.71. The van der Waals surface area contributed by atoms with Gasteiger partial charge in [-0.05, 0) is 38.5 Å². The first kappa shape index (κ1) is 28.0. The molecule has 1 saturated carbocycles. The molecule has 0 heterocycles. The van der Waals surface area contributed by atoms with Gasteiger partial charge >= 0.3 is 11.9 Å². The molecule has 0 aromatic carbocycles. The van der Waals surface area contributed by atoms with E-state index >= 15 is 0 Å². The Bertz CT molecular complexity index is 462. The van der Waals surface area contributed by atoms with Gasteiger partial charge in [0.2, 0.25) is 0 Å². The van der Waals surface area contributed by atoms with Crippen LogP contribution in [0.5, 0.6) is 0 Å². The van der Waals surface area contributed by atoms with Crippen LogP contribution in [0, 0.1) is 11.8 Å². The molecule has 0 saturated heterocycles. The normalized spacial score (nSPS) is 19.8. The Labute approximate surface area is 191 Å². The van der Waals surface area contributed by atoms with Gasteiger partial charge in [-0.15, -0.1) is 0 Å². The third-order valence-corrected chi connectivity index (χ3v) is 6.93.